The van der Waals surface area contributed by atoms with E-state index in [1.807, 2.05) is 4.90 Å². The monoisotopic (exact) mass is 293 g/mol. The Labute approximate surface area is 121 Å². The highest BCUT2D eigenvalue weighted by Crippen LogP contribution is 2.14. The number of halogens is 1. The Morgan fingerprint density at radius 3 is 3.00 bits per heavy atom. The van der Waals surface area contributed by atoms with Crippen molar-refractivity contribution in [2.45, 2.75) is 6.54 Å². The molecule has 1 aromatic heterocycles. The van der Waals surface area contributed by atoms with Gasteiger partial charge in [0.25, 0.3) is 5.56 Å². The van der Waals surface area contributed by atoms with Crippen LogP contribution in [0.25, 0.3) is 10.9 Å². The van der Waals surface area contributed by atoms with Crippen LogP contribution in [0.3, 0.4) is 0 Å². The van der Waals surface area contributed by atoms with Gasteiger partial charge in [-0.1, -0.05) is 17.7 Å². The molecule has 0 fully saturated rings. The molecule has 0 bridgehead atoms. The zero-order chi connectivity index (χ0) is 14.5. The summed E-state index contributed by atoms with van der Waals surface area (Å²) < 4.78 is 0. The standard InChI is InChI=1S/C14H16ClN3O2/c1-2-5-18(6-7-19)9-13-16-12-4-3-10(15)8-11(12)14(20)17-13/h2-4,8,19H,1,5-7,9H2,(H,16,17,20). The van der Waals surface area contributed by atoms with E-state index in [2.05, 4.69) is 16.5 Å². The second kappa shape index (κ2) is 6.65. The molecule has 2 rings (SSSR count). The van der Waals surface area contributed by atoms with Crippen molar-refractivity contribution in [3.8, 4) is 0 Å². The highest BCUT2D eigenvalue weighted by Gasteiger charge is 2.08. The molecular formula is C14H16ClN3O2. The van der Waals surface area contributed by atoms with E-state index in [4.69, 9.17) is 16.7 Å². The van der Waals surface area contributed by atoms with Crippen molar-refractivity contribution in [3.05, 3.63) is 52.1 Å². The number of aliphatic hydroxyl groups excluding tert-OH is 1. The summed E-state index contributed by atoms with van der Waals surface area (Å²) in [4.78, 5) is 21.1. The molecule has 0 amide bonds. The fraction of sp³-hybridized carbons (Fsp3) is 0.286. The van der Waals surface area contributed by atoms with Gasteiger partial charge >= 0.3 is 0 Å². The number of rotatable bonds is 6. The first kappa shape index (κ1) is 14.7. The zero-order valence-corrected chi connectivity index (χ0v) is 11.7. The van der Waals surface area contributed by atoms with Crippen LogP contribution in [0.2, 0.25) is 5.02 Å². The third-order valence-electron chi connectivity index (χ3n) is 2.89. The molecule has 0 spiro atoms. The molecule has 6 heteroatoms. The van der Waals surface area contributed by atoms with Gasteiger partial charge in [-0.15, -0.1) is 6.58 Å². The molecule has 106 valence electrons. The summed E-state index contributed by atoms with van der Waals surface area (Å²) >= 11 is 5.87. The number of aromatic amines is 1. The number of fused-ring (bicyclic) bond motifs is 1. The van der Waals surface area contributed by atoms with Crippen LogP contribution in [0.4, 0.5) is 0 Å². The largest absolute Gasteiger partial charge is 0.395 e. The lowest BCUT2D eigenvalue weighted by Crippen LogP contribution is -2.28. The van der Waals surface area contributed by atoms with Crippen molar-refractivity contribution in [1.82, 2.24) is 14.9 Å². The number of nitrogens with one attached hydrogen (secondary N) is 1. The Morgan fingerprint density at radius 1 is 1.50 bits per heavy atom. The van der Waals surface area contributed by atoms with Crippen LogP contribution < -0.4 is 5.56 Å². The number of hydrogen-bond donors (Lipinski definition) is 2. The van der Waals surface area contributed by atoms with Crippen LogP contribution in [0, 0.1) is 0 Å². The smallest absolute Gasteiger partial charge is 0.258 e. The highest BCUT2D eigenvalue weighted by molar-refractivity contribution is 6.31. The fourth-order valence-corrected chi connectivity index (χ4v) is 2.18. The van der Waals surface area contributed by atoms with Gasteiger partial charge < -0.3 is 10.1 Å². The Morgan fingerprint density at radius 2 is 2.30 bits per heavy atom. The van der Waals surface area contributed by atoms with E-state index in [0.717, 1.165) is 0 Å². The Bertz CT molecular complexity index is 669. The summed E-state index contributed by atoms with van der Waals surface area (Å²) in [6, 6.07) is 5.03. The van der Waals surface area contributed by atoms with Gasteiger partial charge in [-0.25, -0.2) is 4.98 Å². The number of aliphatic hydroxyl groups is 1. The lowest BCUT2D eigenvalue weighted by atomic mass is 10.2. The first-order valence-corrected chi connectivity index (χ1v) is 6.64. The summed E-state index contributed by atoms with van der Waals surface area (Å²) in [5.41, 5.74) is 0.394. The highest BCUT2D eigenvalue weighted by atomic mass is 35.5. The van der Waals surface area contributed by atoms with Gasteiger partial charge in [0.2, 0.25) is 0 Å². The van der Waals surface area contributed by atoms with Gasteiger partial charge in [-0.3, -0.25) is 9.69 Å². The van der Waals surface area contributed by atoms with E-state index in [0.29, 0.717) is 41.4 Å². The molecule has 0 aliphatic carbocycles. The van der Waals surface area contributed by atoms with Crippen molar-refractivity contribution in [2.75, 3.05) is 19.7 Å². The normalized spacial score (nSPS) is 11.2. The predicted molar refractivity (Wildman–Crippen MR) is 79.9 cm³/mol. The summed E-state index contributed by atoms with van der Waals surface area (Å²) in [5, 5.41) is 9.99. The summed E-state index contributed by atoms with van der Waals surface area (Å²) in [6.45, 7) is 5.27. The molecule has 0 aliphatic heterocycles. The van der Waals surface area contributed by atoms with Crippen LogP contribution in [0.5, 0.6) is 0 Å². The molecule has 0 radical (unpaired) electrons. The SMILES string of the molecule is C=CCN(CCO)Cc1nc2ccc(Cl)cc2c(=O)[nH]1. The molecule has 1 aromatic carbocycles. The second-order valence-electron chi connectivity index (χ2n) is 4.42. The van der Waals surface area contributed by atoms with Gasteiger partial charge in [-0.05, 0) is 18.2 Å². The van der Waals surface area contributed by atoms with Crippen LogP contribution in [-0.4, -0.2) is 39.7 Å². The van der Waals surface area contributed by atoms with Crippen molar-refractivity contribution in [1.29, 1.82) is 0 Å². The molecule has 2 aromatic rings. The maximum atomic E-state index is 12.0. The number of nitrogens with zero attached hydrogens (tertiary/aromatic N) is 2. The Kier molecular flexibility index (Phi) is 4.89. The lowest BCUT2D eigenvalue weighted by molar-refractivity contribution is 0.200. The second-order valence-corrected chi connectivity index (χ2v) is 4.86. The maximum absolute atomic E-state index is 12.0. The number of H-pyrrole nitrogens is 1. The molecule has 20 heavy (non-hydrogen) atoms. The van der Waals surface area contributed by atoms with Gasteiger partial charge in [0, 0.05) is 18.1 Å². The van der Waals surface area contributed by atoms with E-state index in [1.165, 1.54) is 0 Å². The first-order valence-electron chi connectivity index (χ1n) is 6.26. The average Bonchev–Trinajstić information content (AvgIpc) is 2.40. The molecule has 0 unspecified atom stereocenters. The van der Waals surface area contributed by atoms with Gasteiger partial charge in [0.05, 0.1) is 24.1 Å². The maximum Gasteiger partial charge on any atom is 0.258 e. The number of benzene rings is 1. The summed E-state index contributed by atoms with van der Waals surface area (Å²) in [7, 11) is 0. The minimum atomic E-state index is -0.213. The summed E-state index contributed by atoms with van der Waals surface area (Å²) in [5.74, 6) is 0.556. The van der Waals surface area contributed by atoms with Crippen LogP contribution in [0.15, 0.2) is 35.6 Å². The van der Waals surface area contributed by atoms with Crippen LogP contribution in [-0.2, 0) is 6.54 Å². The Hall–Kier alpha value is -1.69. The molecule has 0 saturated heterocycles. The lowest BCUT2D eigenvalue weighted by Gasteiger charge is -2.18. The van der Waals surface area contributed by atoms with E-state index < -0.39 is 0 Å². The molecule has 0 atom stereocenters. The van der Waals surface area contributed by atoms with Gasteiger partial charge in [-0.2, -0.15) is 0 Å². The molecule has 2 N–H and O–H groups in total. The van der Waals surface area contributed by atoms with Crippen molar-refractivity contribution in [3.63, 3.8) is 0 Å². The van der Waals surface area contributed by atoms with Gasteiger partial charge in [0.15, 0.2) is 0 Å². The third-order valence-corrected chi connectivity index (χ3v) is 3.13. The van der Waals surface area contributed by atoms with Crippen LogP contribution in [0.1, 0.15) is 5.82 Å². The first-order chi connectivity index (χ1) is 9.63. The van der Waals surface area contributed by atoms with Crippen molar-refractivity contribution in [2.24, 2.45) is 0 Å². The number of hydrogen-bond acceptors (Lipinski definition) is 4. The van der Waals surface area contributed by atoms with Crippen molar-refractivity contribution < 1.29 is 5.11 Å². The van der Waals surface area contributed by atoms with E-state index in [9.17, 15) is 4.79 Å². The van der Waals surface area contributed by atoms with Crippen LogP contribution >= 0.6 is 11.6 Å². The number of aromatic nitrogens is 2. The molecule has 5 nitrogen and oxygen atoms in total. The third kappa shape index (κ3) is 3.45. The van der Waals surface area contributed by atoms with Crippen molar-refractivity contribution >= 4 is 22.5 Å². The van der Waals surface area contributed by atoms with E-state index in [-0.39, 0.29) is 12.2 Å². The fourth-order valence-electron chi connectivity index (χ4n) is 2.00. The minimum absolute atomic E-state index is 0.0429. The predicted octanol–water partition coefficient (Wildman–Crippen LogP) is 1.56. The van der Waals surface area contributed by atoms with Gasteiger partial charge in [0.1, 0.15) is 5.82 Å². The Balaban J connectivity index is 2.33. The average molecular weight is 294 g/mol. The molecule has 1 heterocycles. The topological polar surface area (TPSA) is 69.2 Å². The molecule has 0 aliphatic rings. The summed E-state index contributed by atoms with van der Waals surface area (Å²) in [6.07, 6.45) is 1.74. The van der Waals surface area contributed by atoms with E-state index in [1.54, 1.807) is 24.3 Å². The molecule has 0 saturated carbocycles. The zero-order valence-electron chi connectivity index (χ0n) is 11.0. The van der Waals surface area contributed by atoms with E-state index >= 15 is 0 Å². The molecular weight excluding hydrogens is 278 g/mol. The quantitative estimate of drug-likeness (QED) is 0.793. The minimum Gasteiger partial charge on any atom is -0.395 e.